The van der Waals surface area contributed by atoms with Crippen LogP contribution in [0.4, 0.5) is 0 Å². The second kappa shape index (κ2) is 7.65. The van der Waals surface area contributed by atoms with Crippen LogP contribution in [-0.2, 0) is 4.74 Å². The molecular formula is C20H25NO3. The number of carbonyl (C=O) groups is 1. The van der Waals surface area contributed by atoms with Crippen LogP contribution in [0.15, 0.2) is 24.4 Å². The summed E-state index contributed by atoms with van der Waals surface area (Å²) in [5, 5.41) is 11.9. The first-order valence-electron chi connectivity index (χ1n) is 8.99. The maximum atomic E-state index is 12.1. The second-order valence-corrected chi connectivity index (χ2v) is 6.63. The normalized spacial score (nSPS) is 15.5. The molecule has 0 amide bonds. The molecule has 4 nitrogen and oxygen atoms in total. The van der Waals surface area contributed by atoms with Crippen LogP contribution >= 0.6 is 0 Å². The molecule has 1 N–H and O–H groups in total. The third-order valence-corrected chi connectivity index (χ3v) is 4.89. The summed E-state index contributed by atoms with van der Waals surface area (Å²) in [6.45, 7) is 2.39. The molecule has 1 aliphatic carbocycles. The highest BCUT2D eigenvalue weighted by Crippen LogP contribution is 2.35. The van der Waals surface area contributed by atoms with Gasteiger partial charge in [-0.15, -0.1) is 0 Å². The summed E-state index contributed by atoms with van der Waals surface area (Å²) in [6, 6.07) is 6.08. The first-order chi connectivity index (χ1) is 11.7. The van der Waals surface area contributed by atoms with Gasteiger partial charge in [-0.05, 0) is 36.8 Å². The number of hydrogen-bond donors (Lipinski definition) is 1. The summed E-state index contributed by atoms with van der Waals surface area (Å²) in [7, 11) is 0. The standard InChI is InChI=1S/C20H25NO3/c1-2-3-11-24-20(23)18-19(22)17-10-9-15(12-16(17)13-21-18)14-7-5-4-6-8-14/h9-10,12-14,22H,2-8,11H2,1H3. The number of esters is 1. The fraction of sp³-hybridized carbons (Fsp3) is 0.500. The summed E-state index contributed by atoms with van der Waals surface area (Å²) in [5.41, 5.74) is 1.31. The van der Waals surface area contributed by atoms with E-state index >= 15 is 0 Å². The van der Waals surface area contributed by atoms with E-state index in [-0.39, 0.29) is 11.4 Å². The fourth-order valence-electron chi connectivity index (χ4n) is 3.44. The van der Waals surface area contributed by atoms with E-state index in [9.17, 15) is 9.90 Å². The van der Waals surface area contributed by atoms with E-state index < -0.39 is 5.97 Å². The molecule has 0 spiro atoms. The summed E-state index contributed by atoms with van der Waals surface area (Å²) in [6.07, 6.45) is 9.79. The number of nitrogens with zero attached hydrogens (tertiary/aromatic N) is 1. The summed E-state index contributed by atoms with van der Waals surface area (Å²) >= 11 is 0. The number of unbranched alkanes of at least 4 members (excludes halogenated alkanes) is 1. The van der Waals surface area contributed by atoms with Crippen molar-refractivity contribution in [2.24, 2.45) is 0 Å². The Bertz CT molecular complexity index is 720. The Morgan fingerprint density at radius 3 is 2.83 bits per heavy atom. The van der Waals surface area contributed by atoms with E-state index in [1.54, 1.807) is 6.20 Å². The number of carbonyl (C=O) groups excluding carboxylic acids is 1. The predicted molar refractivity (Wildman–Crippen MR) is 94.4 cm³/mol. The van der Waals surface area contributed by atoms with Crippen molar-refractivity contribution < 1.29 is 14.6 Å². The zero-order valence-electron chi connectivity index (χ0n) is 14.3. The van der Waals surface area contributed by atoms with Gasteiger partial charge in [-0.3, -0.25) is 0 Å². The van der Waals surface area contributed by atoms with Gasteiger partial charge < -0.3 is 9.84 Å². The number of hydrogen-bond acceptors (Lipinski definition) is 4. The van der Waals surface area contributed by atoms with Crippen LogP contribution in [0.25, 0.3) is 10.8 Å². The van der Waals surface area contributed by atoms with Gasteiger partial charge in [0.15, 0.2) is 11.4 Å². The molecule has 0 radical (unpaired) electrons. The molecule has 1 aromatic heterocycles. The quantitative estimate of drug-likeness (QED) is 0.624. The van der Waals surface area contributed by atoms with Crippen molar-refractivity contribution in [3.05, 3.63) is 35.7 Å². The fourth-order valence-corrected chi connectivity index (χ4v) is 3.44. The van der Waals surface area contributed by atoms with Crippen molar-refractivity contribution in [2.75, 3.05) is 6.61 Å². The van der Waals surface area contributed by atoms with Crippen LogP contribution in [0.2, 0.25) is 0 Å². The van der Waals surface area contributed by atoms with Gasteiger partial charge in [0.1, 0.15) is 0 Å². The second-order valence-electron chi connectivity index (χ2n) is 6.63. The SMILES string of the molecule is CCCCOC(=O)c1ncc2cc(C3CCCCC3)ccc2c1O. The molecule has 1 saturated carbocycles. The molecule has 128 valence electrons. The van der Waals surface area contributed by atoms with Crippen LogP contribution in [0.1, 0.15) is 73.8 Å². The van der Waals surface area contributed by atoms with Gasteiger partial charge in [0.2, 0.25) is 0 Å². The highest BCUT2D eigenvalue weighted by atomic mass is 16.5. The molecule has 24 heavy (non-hydrogen) atoms. The highest BCUT2D eigenvalue weighted by Gasteiger charge is 2.19. The number of benzene rings is 1. The minimum Gasteiger partial charge on any atom is -0.505 e. The Balaban J connectivity index is 1.85. The Hall–Kier alpha value is -2.10. The maximum absolute atomic E-state index is 12.1. The Kier molecular flexibility index (Phi) is 5.34. The number of rotatable bonds is 5. The van der Waals surface area contributed by atoms with Gasteiger partial charge in [0.25, 0.3) is 0 Å². The molecule has 0 bridgehead atoms. The zero-order valence-corrected chi connectivity index (χ0v) is 14.3. The Labute approximate surface area is 142 Å². The van der Waals surface area contributed by atoms with Crippen LogP contribution in [-0.4, -0.2) is 22.7 Å². The van der Waals surface area contributed by atoms with Crippen LogP contribution in [0, 0.1) is 0 Å². The monoisotopic (exact) mass is 327 g/mol. The van der Waals surface area contributed by atoms with E-state index in [0.717, 1.165) is 18.2 Å². The van der Waals surface area contributed by atoms with E-state index in [4.69, 9.17) is 4.74 Å². The predicted octanol–water partition coefficient (Wildman–Crippen LogP) is 4.95. The summed E-state index contributed by atoms with van der Waals surface area (Å²) < 4.78 is 5.16. The number of aromatic nitrogens is 1. The van der Waals surface area contributed by atoms with Crippen molar-refractivity contribution in [1.29, 1.82) is 0 Å². The molecule has 0 atom stereocenters. The molecule has 0 saturated heterocycles. The zero-order chi connectivity index (χ0) is 16.9. The third-order valence-electron chi connectivity index (χ3n) is 4.89. The molecule has 0 unspecified atom stereocenters. The lowest BCUT2D eigenvalue weighted by Crippen LogP contribution is -2.09. The first kappa shape index (κ1) is 16.7. The molecule has 1 fully saturated rings. The van der Waals surface area contributed by atoms with E-state index in [1.165, 1.54) is 37.7 Å². The topological polar surface area (TPSA) is 59.4 Å². The van der Waals surface area contributed by atoms with Crippen molar-refractivity contribution in [3.8, 4) is 5.75 Å². The van der Waals surface area contributed by atoms with Gasteiger partial charge in [0, 0.05) is 17.0 Å². The minimum atomic E-state index is -0.556. The smallest absolute Gasteiger partial charge is 0.360 e. The largest absolute Gasteiger partial charge is 0.505 e. The molecule has 1 heterocycles. The Morgan fingerprint density at radius 2 is 2.08 bits per heavy atom. The average molecular weight is 327 g/mol. The summed E-state index contributed by atoms with van der Waals surface area (Å²) in [5.74, 6) is -0.0348. The van der Waals surface area contributed by atoms with Gasteiger partial charge in [-0.2, -0.15) is 0 Å². The lowest BCUT2D eigenvalue weighted by molar-refractivity contribution is 0.0489. The van der Waals surface area contributed by atoms with E-state index in [0.29, 0.717) is 17.9 Å². The molecular weight excluding hydrogens is 302 g/mol. The number of fused-ring (bicyclic) bond motifs is 1. The lowest BCUT2D eigenvalue weighted by Gasteiger charge is -2.22. The van der Waals surface area contributed by atoms with Crippen molar-refractivity contribution in [1.82, 2.24) is 4.98 Å². The molecule has 3 rings (SSSR count). The third kappa shape index (κ3) is 3.53. The molecule has 1 aromatic carbocycles. The van der Waals surface area contributed by atoms with Gasteiger partial charge in [-0.1, -0.05) is 44.7 Å². The number of aromatic hydroxyl groups is 1. The molecule has 4 heteroatoms. The minimum absolute atomic E-state index is 0.00372. The average Bonchev–Trinajstić information content (AvgIpc) is 2.62. The molecule has 0 aliphatic heterocycles. The number of ether oxygens (including phenoxy) is 1. The maximum Gasteiger partial charge on any atom is 0.360 e. The first-order valence-corrected chi connectivity index (χ1v) is 8.99. The van der Waals surface area contributed by atoms with Gasteiger partial charge in [-0.25, -0.2) is 9.78 Å². The van der Waals surface area contributed by atoms with Crippen LogP contribution in [0.3, 0.4) is 0 Å². The Morgan fingerprint density at radius 1 is 1.29 bits per heavy atom. The lowest BCUT2D eigenvalue weighted by atomic mass is 9.83. The van der Waals surface area contributed by atoms with Gasteiger partial charge >= 0.3 is 5.97 Å². The van der Waals surface area contributed by atoms with Crippen LogP contribution in [0.5, 0.6) is 5.75 Å². The molecule has 2 aromatic rings. The van der Waals surface area contributed by atoms with Crippen molar-refractivity contribution in [3.63, 3.8) is 0 Å². The molecule has 1 aliphatic rings. The van der Waals surface area contributed by atoms with Crippen molar-refractivity contribution in [2.45, 2.75) is 57.8 Å². The van der Waals surface area contributed by atoms with E-state index in [2.05, 4.69) is 17.1 Å². The van der Waals surface area contributed by atoms with Crippen molar-refractivity contribution >= 4 is 16.7 Å². The summed E-state index contributed by atoms with van der Waals surface area (Å²) in [4.78, 5) is 16.2. The highest BCUT2D eigenvalue weighted by molar-refractivity contribution is 5.99. The van der Waals surface area contributed by atoms with Gasteiger partial charge in [0.05, 0.1) is 6.61 Å². The number of pyridine rings is 1. The van der Waals surface area contributed by atoms with E-state index in [1.807, 2.05) is 13.0 Å². The van der Waals surface area contributed by atoms with Crippen LogP contribution < -0.4 is 0 Å².